The van der Waals surface area contributed by atoms with Gasteiger partial charge in [0.15, 0.2) is 0 Å². The van der Waals surface area contributed by atoms with Crippen molar-refractivity contribution in [3.63, 3.8) is 0 Å². The molecule has 0 spiro atoms. The third-order valence-corrected chi connectivity index (χ3v) is 3.24. The van der Waals surface area contributed by atoms with Gasteiger partial charge in [0, 0.05) is 0 Å². The van der Waals surface area contributed by atoms with E-state index in [1.807, 2.05) is 48.3 Å². The molecule has 0 aliphatic rings. The molecular formula is C14H17BrN8. The maximum atomic E-state index is 4.11. The molecule has 0 bridgehead atoms. The number of halogens is 1. The molecule has 2 N–H and O–H groups in total. The van der Waals surface area contributed by atoms with Gasteiger partial charge in [0.05, 0.1) is 31.7 Å². The van der Waals surface area contributed by atoms with Crippen LogP contribution in [0.1, 0.15) is 6.92 Å². The molecule has 2 aromatic heterocycles. The SMILES string of the molecule is CCN(c1ccc(N=Nc2ncn[nH]2)cc1)c1[nH]cc[n+]1C.[Br-]. The maximum Gasteiger partial charge on any atom is 0.362 e. The first kappa shape index (κ1) is 16.8. The predicted molar refractivity (Wildman–Crippen MR) is 81.6 cm³/mol. The largest absolute Gasteiger partial charge is 1.00 e. The first-order chi connectivity index (χ1) is 10.8. The van der Waals surface area contributed by atoms with E-state index in [9.17, 15) is 0 Å². The van der Waals surface area contributed by atoms with Gasteiger partial charge in [-0.1, -0.05) is 0 Å². The fraction of sp³-hybridized carbons (Fsp3) is 0.214. The highest BCUT2D eigenvalue weighted by Crippen LogP contribution is 2.24. The van der Waals surface area contributed by atoms with Crippen LogP contribution in [-0.4, -0.2) is 26.7 Å². The van der Waals surface area contributed by atoms with Crippen LogP contribution in [0.4, 0.5) is 23.3 Å². The van der Waals surface area contributed by atoms with Gasteiger partial charge >= 0.3 is 5.95 Å². The van der Waals surface area contributed by atoms with Crippen molar-refractivity contribution in [1.82, 2.24) is 20.2 Å². The molecule has 0 atom stereocenters. The molecule has 0 amide bonds. The van der Waals surface area contributed by atoms with Crippen molar-refractivity contribution in [2.24, 2.45) is 17.3 Å². The molecule has 120 valence electrons. The summed E-state index contributed by atoms with van der Waals surface area (Å²) in [6, 6.07) is 7.86. The number of hydrogen-bond acceptors (Lipinski definition) is 5. The van der Waals surface area contributed by atoms with E-state index in [1.54, 1.807) is 0 Å². The Hall–Kier alpha value is -2.55. The van der Waals surface area contributed by atoms with Crippen LogP contribution in [0.3, 0.4) is 0 Å². The summed E-state index contributed by atoms with van der Waals surface area (Å²) in [5, 5.41) is 14.4. The van der Waals surface area contributed by atoms with E-state index in [2.05, 4.69) is 42.2 Å². The molecular weight excluding hydrogens is 360 g/mol. The van der Waals surface area contributed by atoms with Gasteiger partial charge in [-0.3, -0.25) is 0 Å². The Bertz CT molecular complexity index is 747. The molecule has 3 rings (SSSR count). The van der Waals surface area contributed by atoms with E-state index < -0.39 is 0 Å². The molecule has 0 unspecified atom stereocenters. The first-order valence-electron chi connectivity index (χ1n) is 6.95. The molecule has 0 saturated heterocycles. The third kappa shape index (κ3) is 3.81. The number of nitrogens with one attached hydrogen (secondary N) is 2. The number of azo groups is 1. The highest BCUT2D eigenvalue weighted by molar-refractivity contribution is 5.58. The van der Waals surface area contributed by atoms with Crippen LogP contribution < -0.4 is 26.4 Å². The standard InChI is InChI=1S/C14H16N8.BrH/c1-3-22(14-15-8-9-21(14)2)12-6-4-11(5-7-12)18-20-13-16-10-17-19-13;/h4-10H,3H2,1-2H3,(H,16,17,18,19);1H. The van der Waals surface area contributed by atoms with Crippen molar-refractivity contribution in [3.05, 3.63) is 43.0 Å². The summed E-state index contributed by atoms with van der Waals surface area (Å²) in [5.74, 6) is 1.41. The molecule has 23 heavy (non-hydrogen) atoms. The van der Waals surface area contributed by atoms with Crippen LogP contribution >= 0.6 is 0 Å². The molecule has 0 aliphatic heterocycles. The quantitative estimate of drug-likeness (QED) is 0.466. The van der Waals surface area contributed by atoms with Crippen LogP contribution in [0.15, 0.2) is 53.2 Å². The Labute approximate surface area is 144 Å². The second-order valence-corrected chi connectivity index (χ2v) is 4.66. The van der Waals surface area contributed by atoms with Gasteiger partial charge in [0.1, 0.15) is 12.0 Å². The number of H-pyrrole nitrogens is 2. The first-order valence-corrected chi connectivity index (χ1v) is 6.95. The molecule has 9 heteroatoms. The van der Waals surface area contributed by atoms with Gasteiger partial charge in [-0.05, 0) is 31.2 Å². The molecule has 1 aromatic carbocycles. The minimum absolute atomic E-state index is 0. The fourth-order valence-electron chi connectivity index (χ4n) is 2.17. The predicted octanol–water partition coefficient (Wildman–Crippen LogP) is -0.465. The summed E-state index contributed by atoms with van der Waals surface area (Å²) in [5.41, 5.74) is 1.84. The second-order valence-electron chi connectivity index (χ2n) is 4.66. The minimum Gasteiger partial charge on any atom is -1.00 e. The van der Waals surface area contributed by atoms with Crippen LogP contribution in [0.5, 0.6) is 0 Å². The summed E-state index contributed by atoms with van der Waals surface area (Å²) >= 11 is 0. The van der Waals surface area contributed by atoms with Crippen molar-refractivity contribution in [2.75, 3.05) is 11.4 Å². The minimum atomic E-state index is 0. The lowest BCUT2D eigenvalue weighted by atomic mass is 10.2. The van der Waals surface area contributed by atoms with Crippen molar-refractivity contribution in [3.8, 4) is 0 Å². The Morgan fingerprint density at radius 3 is 2.57 bits per heavy atom. The number of benzene rings is 1. The van der Waals surface area contributed by atoms with Gasteiger partial charge in [-0.2, -0.15) is 10.1 Å². The smallest absolute Gasteiger partial charge is 0.362 e. The van der Waals surface area contributed by atoms with Crippen molar-refractivity contribution in [1.29, 1.82) is 0 Å². The number of aromatic nitrogens is 5. The Kier molecular flexibility index (Phi) is 5.58. The number of hydrogen-bond donors (Lipinski definition) is 2. The Morgan fingerprint density at radius 2 is 2.00 bits per heavy atom. The number of imidazole rings is 1. The Balaban J connectivity index is 0.00000192. The zero-order valence-electron chi connectivity index (χ0n) is 12.8. The molecule has 3 aromatic rings. The maximum absolute atomic E-state index is 4.11. The topological polar surface area (TPSA) is 89.2 Å². The molecule has 0 fully saturated rings. The summed E-state index contributed by atoms with van der Waals surface area (Å²) in [7, 11) is 2.01. The normalized spacial score (nSPS) is 10.7. The number of aromatic amines is 2. The van der Waals surface area contributed by atoms with Crippen LogP contribution in [0.2, 0.25) is 0 Å². The van der Waals surface area contributed by atoms with Crippen molar-refractivity contribution in [2.45, 2.75) is 6.92 Å². The molecule has 8 nitrogen and oxygen atoms in total. The lowest BCUT2D eigenvalue weighted by Gasteiger charge is -2.15. The average Bonchev–Trinajstić information content (AvgIpc) is 3.20. The van der Waals surface area contributed by atoms with Crippen LogP contribution in [0, 0.1) is 0 Å². The number of anilines is 2. The summed E-state index contributed by atoms with van der Waals surface area (Å²) < 4.78 is 2.04. The average molecular weight is 377 g/mol. The molecule has 0 radical (unpaired) electrons. The number of aryl methyl sites for hydroxylation is 1. The van der Waals surface area contributed by atoms with Gasteiger partial charge in [0.2, 0.25) is 0 Å². The number of nitrogens with zero attached hydrogens (tertiary/aromatic N) is 6. The fourth-order valence-corrected chi connectivity index (χ4v) is 2.17. The van der Waals surface area contributed by atoms with Gasteiger partial charge in [-0.15, -0.1) is 10.2 Å². The lowest BCUT2D eigenvalue weighted by molar-refractivity contribution is -0.657. The highest BCUT2D eigenvalue weighted by atomic mass is 79.9. The van der Waals surface area contributed by atoms with Gasteiger partial charge in [-0.25, -0.2) is 19.5 Å². The van der Waals surface area contributed by atoms with Crippen LogP contribution in [0.25, 0.3) is 0 Å². The molecule has 0 saturated carbocycles. The lowest BCUT2D eigenvalue weighted by Crippen LogP contribution is -3.00. The van der Waals surface area contributed by atoms with E-state index in [4.69, 9.17) is 0 Å². The number of rotatable bonds is 5. The van der Waals surface area contributed by atoms with E-state index >= 15 is 0 Å². The summed E-state index contributed by atoms with van der Waals surface area (Å²) in [4.78, 5) is 9.31. The second kappa shape index (κ2) is 7.63. The zero-order chi connectivity index (χ0) is 15.4. The van der Waals surface area contributed by atoms with E-state index in [1.165, 1.54) is 6.33 Å². The molecule has 2 heterocycles. The van der Waals surface area contributed by atoms with E-state index in [0.717, 1.165) is 23.9 Å². The highest BCUT2D eigenvalue weighted by Gasteiger charge is 2.18. The summed E-state index contributed by atoms with van der Waals surface area (Å²) in [6.45, 7) is 2.96. The zero-order valence-corrected chi connectivity index (χ0v) is 14.4. The van der Waals surface area contributed by atoms with E-state index in [0.29, 0.717) is 5.95 Å². The monoisotopic (exact) mass is 376 g/mol. The summed E-state index contributed by atoms with van der Waals surface area (Å²) in [6.07, 6.45) is 5.29. The molecule has 0 aliphatic carbocycles. The Morgan fingerprint density at radius 1 is 1.22 bits per heavy atom. The van der Waals surface area contributed by atoms with Crippen molar-refractivity contribution < 1.29 is 21.5 Å². The van der Waals surface area contributed by atoms with E-state index in [-0.39, 0.29) is 17.0 Å². The van der Waals surface area contributed by atoms with Gasteiger partial charge in [0.25, 0.3) is 5.95 Å². The van der Waals surface area contributed by atoms with Crippen LogP contribution in [-0.2, 0) is 7.05 Å². The van der Waals surface area contributed by atoms with Crippen molar-refractivity contribution >= 4 is 23.3 Å². The van der Waals surface area contributed by atoms with Gasteiger partial charge < -0.3 is 17.0 Å². The third-order valence-electron chi connectivity index (χ3n) is 3.24.